The predicted molar refractivity (Wildman–Crippen MR) is 37.7 cm³/mol. The van der Waals surface area contributed by atoms with Crippen molar-refractivity contribution < 1.29 is 24.3 Å². The summed E-state index contributed by atoms with van der Waals surface area (Å²) in [7, 11) is 0. The molecule has 0 radical (unpaired) electrons. The first-order valence-electron chi connectivity index (χ1n) is 3.47. The molecule has 5 nitrogen and oxygen atoms in total. The zero-order valence-electron chi connectivity index (χ0n) is 6.74. The molecule has 0 aromatic carbocycles. The van der Waals surface area contributed by atoms with E-state index in [9.17, 15) is 4.79 Å². The van der Waals surface area contributed by atoms with Crippen LogP contribution in [-0.4, -0.2) is 25.3 Å². The molecule has 1 unspecified atom stereocenters. The van der Waals surface area contributed by atoms with Crippen molar-refractivity contribution in [3.8, 4) is 0 Å². The Morgan fingerprint density at radius 1 is 1.75 bits per heavy atom. The number of hydrogen-bond acceptors (Lipinski definition) is 5. The highest BCUT2D eigenvalue weighted by Gasteiger charge is 2.20. The summed E-state index contributed by atoms with van der Waals surface area (Å²) in [5.41, 5.74) is 0.356. The van der Waals surface area contributed by atoms with Crippen molar-refractivity contribution in [2.24, 2.45) is 0 Å². The summed E-state index contributed by atoms with van der Waals surface area (Å²) in [6.45, 7) is 5.38. The van der Waals surface area contributed by atoms with Crippen molar-refractivity contribution in [1.29, 1.82) is 0 Å². The predicted octanol–water partition coefficient (Wildman–Crippen LogP) is 0.368. The van der Waals surface area contributed by atoms with E-state index >= 15 is 0 Å². The van der Waals surface area contributed by atoms with Gasteiger partial charge in [-0.3, -0.25) is 0 Å². The van der Waals surface area contributed by atoms with E-state index in [0.717, 1.165) is 0 Å². The van der Waals surface area contributed by atoms with E-state index in [0.29, 0.717) is 5.57 Å². The lowest BCUT2D eigenvalue weighted by molar-refractivity contribution is -0.460. The van der Waals surface area contributed by atoms with E-state index < -0.39 is 5.97 Å². The van der Waals surface area contributed by atoms with Crippen molar-refractivity contribution in [3.05, 3.63) is 12.2 Å². The summed E-state index contributed by atoms with van der Waals surface area (Å²) in [6, 6.07) is 0. The van der Waals surface area contributed by atoms with Crippen LogP contribution in [0.25, 0.3) is 0 Å². The molecule has 0 aromatic rings. The number of esters is 1. The first kappa shape index (κ1) is 9.18. The largest absolute Gasteiger partial charge is 0.459 e. The average molecular weight is 174 g/mol. The Hall–Kier alpha value is -0.910. The van der Waals surface area contributed by atoms with E-state index in [4.69, 9.17) is 4.74 Å². The fourth-order valence-electron chi connectivity index (χ4n) is 0.583. The Balaban J connectivity index is 2.16. The van der Waals surface area contributed by atoms with Crippen LogP contribution in [-0.2, 0) is 24.3 Å². The van der Waals surface area contributed by atoms with Gasteiger partial charge in [0.2, 0.25) is 0 Å². The standard InChI is InChI=1S/C7H10O5/c1-5(2)7(8)9-3-6-4-10-12-11-6/h6H,1,3-4H2,2H3. The molecule has 1 aliphatic rings. The lowest BCUT2D eigenvalue weighted by Gasteiger charge is -2.05. The molecular formula is C7H10O5. The number of ether oxygens (including phenoxy) is 1. The van der Waals surface area contributed by atoms with Crippen LogP contribution in [0.5, 0.6) is 0 Å². The van der Waals surface area contributed by atoms with Crippen LogP contribution >= 0.6 is 0 Å². The van der Waals surface area contributed by atoms with Gasteiger partial charge in [0.05, 0.1) is 0 Å². The summed E-state index contributed by atoms with van der Waals surface area (Å²) < 4.78 is 4.76. The second kappa shape index (κ2) is 4.20. The number of carbonyl (C=O) groups is 1. The van der Waals surface area contributed by atoms with Crippen molar-refractivity contribution >= 4 is 5.97 Å². The SMILES string of the molecule is C=C(C)C(=O)OCC1COOO1. The van der Waals surface area contributed by atoms with Crippen LogP contribution in [0.2, 0.25) is 0 Å². The lowest BCUT2D eigenvalue weighted by atomic mass is 10.3. The van der Waals surface area contributed by atoms with E-state index in [-0.39, 0.29) is 19.3 Å². The monoisotopic (exact) mass is 174 g/mol. The van der Waals surface area contributed by atoms with Crippen LogP contribution < -0.4 is 0 Å². The second-order valence-corrected chi connectivity index (χ2v) is 2.45. The van der Waals surface area contributed by atoms with Gasteiger partial charge in [0.15, 0.2) is 6.10 Å². The number of rotatable bonds is 3. The highest BCUT2D eigenvalue weighted by atomic mass is 17.5. The third-order valence-electron chi connectivity index (χ3n) is 1.23. The number of hydrogen-bond donors (Lipinski definition) is 0. The van der Waals surface area contributed by atoms with Gasteiger partial charge in [-0.15, -0.1) is 0 Å². The fraction of sp³-hybridized carbons (Fsp3) is 0.571. The Kier molecular flexibility index (Phi) is 3.21. The molecule has 0 amide bonds. The summed E-state index contributed by atoms with van der Waals surface area (Å²) in [6.07, 6.45) is -0.340. The maximum absolute atomic E-state index is 10.8. The molecule has 1 saturated heterocycles. The van der Waals surface area contributed by atoms with Crippen LogP contribution in [0.1, 0.15) is 6.92 Å². The third kappa shape index (κ3) is 2.61. The minimum absolute atomic E-state index is 0.117. The van der Waals surface area contributed by atoms with Crippen LogP contribution in [0.4, 0.5) is 0 Å². The van der Waals surface area contributed by atoms with Gasteiger partial charge >= 0.3 is 5.97 Å². The van der Waals surface area contributed by atoms with Crippen molar-refractivity contribution in [1.82, 2.24) is 0 Å². The highest BCUT2D eigenvalue weighted by molar-refractivity contribution is 5.86. The first-order valence-corrected chi connectivity index (χ1v) is 3.47. The van der Waals surface area contributed by atoms with Gasteiger partial charge in [0.25, 0.3) is 0 Å². The molecule has 1 atom stereocenters. The quantitative estimate of drug-likeness (QED) is 0.351. The normalized spacial score (nSPS) is 22.2. The van der Waals surface area contributed by atoms with Gasteiger partial charge in [-0.25, -0.2) is 9.68 Å². The summed E-state index contributed by atoms with van der Waals surface area (Å²) in [4.78, 5) is 19.8. The van der Waals surface area contributed by atoms with Crippen molar-refractivity contribution in [2.45, 2.75) is 13.0 Å². The number of carbonyl (C=O) groups excluding carboxylic acids is 1. The van der Waals surface area contributed by atoms with E-state index in [1.54, 1.807) is 6.92 Å². The zero-order valence-corrected chi connectivity index (χ0v) is 6.74. The molecule has 1 aliphatic heterocycles. The molecule has 0 aliphatic carbocycles. The van der Waals surface area contributed by atoms with Crippen LogP contribution in [0.15, 0.2) is 12.2 Å². The van der Waals surface area contributed by atoms with E-state index in [1.807, 2.05) is 0 Å². The molecule has 0 saturated carbocycles. The average Bonchev–Trinajstić information content (AvgIpc) is 2.51. The van der Waals surface area contributed by atoms with Gasteiger partial charge < -0.3 is 4.74 Å². The fourth-order valence-corrected chi connectivity index (χ4v) is 0.583. The smallest absolute Gasteiger partial charge is 0.333 e. The minimum Gasteiger partial charge on any atom is -0.459 e. The van der Waals surface area contributed by atoms with E-state index in [2.05, 4.69) is 21.4 Å². The molecule has 0 aromatic heterocycles. The summed E-state index contributed by atoms with van der Waals surface area (Å²) >= 11 is 0. The highest BCUT2D eigenvalue weighted by Crippen LogP contribution is 2.05. The van der Waals surface area contributed by atoms with Crippen LogP contribution in [0, 0.1) is 0 Å². The summed E-state index contributed by atoms with van der Waals surface area (Å²) in [5, 5.41) is 4.14. The Bertz CT molecular complexity index is 182. The zero-order chi connectivity index (χ0) is 8.97. The topological polar surface area (TPSA) is 54.0 Å². The lowest BCUT2D eigenvalue weighted by Crippen LogP contribution is -2.20. The first-order chi connectivity index (χ1) is 5.70. The molecular weight excluding hydrogens is 164 g/mol. The molecule has 1 fully saturated rings. The maximum Gasteiger partial charge on any atom is 0.333 e. The molecule has 68 valence electrons. The van der Waals surface area contributed by atoms with Gasteiger partial charge in [-0.05, 0) is 6.92 Å². The molecule has 12 heavy (non-hydrogen) atoms. The minimum atomic E-state index is -0.439. The molecule has 0 spiro atoms. The van der Waals surface area contributed by atoms with Crippen LogP contribution in [0.3, 0.4) is 0 Å². The molecule has 0 N–H and O–H groups in total. The molecule has 0 bridgehead atoms. The third-order valence-corrected chi connectivity index (χ3v) is 1.23. The summed E-state index contributed by atoms with van der Waals surface area (Å²) in [5.74, 6) is -0.439. The molecule has 1 heterocycles. The van der Waals surface area contributed by atoms with Crippen molar-refractivity contribution in [3.63, 3.8) is 0 Å². The van der Waals surface area contributed by atoms with E-state index in [1.165, 1.54) is 0 Å². The van der Waals surface area contributed by atoms with Crippen molar-refractivity contribution in [2.75, 3.05) is 13.2 Å². The van der Waals surface area contributed by atoms with Gasteiger partial charge in [-0.1, -0.05) is 11.6 Å². The molecule has 5 heteroatoms. The van der Waals surface area contributed by atoms with Gasteiger partial charge in [0, 0.05) is 5.57 Å². The van der Waals surface area contributed by atoms with Gasteiger partial charge in [-0.2, -0.15) is 4.89 Å². The Morgan fingerprint density at radius 3 is 3.00 bits per heavy atom. The Morgan fingerprint density at radius 2 is 2.50 bits per heavy atom. The maximum atomic E-state index is 10.8. The second-order valence-electron chi connectivity index (χ2n) is 2.45. The van der Waals surface area contributed by atoms with Gasteiger partial charge in [0.1, 0.15) is 13.2 Å². The molecule has 1 rings (SSSR count). The Labute approximate surface area is 69.7 Å².